The van der Waals surface area contributed by atoms with E-state index in [4.69, 9.17) is 0 Å². The minimum absolute atomic E-state index is 0.0551. The summed E-state index contributed by atoms with van der Waals surface area (Å²) in [5.41, 5.74) is 5.91. The Kier molecular flexibility index (Phi) is 13.9. The SMILES string of the molecule is O=C(Cc1ccccc1)NC[C@@H]1c2ccccc2CCN1C(=O)[C@@H]1CCCC[C@@H]1C(=O)O.O=C(O)[C@H]1CCCC[C@H]1C(=O)N1CCc2ccccc2[C@H]1CN1C(=O)c2ccccc2C1=O. The van der Waals surface area contributed by atoms with E-state index < -0.39 is 41.7 Å². The predicted molar refractivity (Wildman–Crippen MR) is 240 cm³/mol. The number of carboxylic acid groups (broad SMARTS) is 2. The molecular formula is C52H56N4O9. The number of imide groups is 1. The van der Waals surface area contributed by atoms with Crippen molar-refractivity contribution in [1.82, 2.24) is 20.0 Å². The smallest absolute Gasteiger partial charge is 0.307 e. The summed E-state index contributed by atoms with van der Waals surface area (Å²) in [7, 11) is 0. The highest BCUT2D eigenvalue weighted by molar-refractivity contribution is 6.21. The van der Waals surface area contributed by atoms with Gasteiger partial charge in [-0.3, -0.25) is 38.5 Å². The molecule has 13 nitrogen and oxygen atoms in total. The van der Waals surface area contributed by atoms with Crippen LogP contribution < -0.4 is 5.32 Å². The molecule has 0 radical (unpaired) electrons. The monoisotopic (exact) mass is 880 g/mol. The Morgan fingerprint density at radius 1 is 0.538 bits per heavy atom. The third-order valence-electron chi connectivity index (χ3n) is 14.1. The van der Waals surface area contributed by atoms with Crippen molar-refractivity contribution >= 4 is 41.5 Å². The highest BCUT2D eigenvalue weighted by atomic mass is 16.4. The molecule has 5 amide bonds. The van der Waals surface area contributed by atoms with Crippen molar-refractivity contribution in [3.63, 3.8) is 0 Å². The maximum Gasteiger partial charge on any atom is 0.307 e. The fourth-order valence-corrected chi connectivity index (χ4v) is 10.7. The molecule has 2 saturated carbocycles. The molecule has 338 valence electrons. The lowest BCUT2D eigenvalue weighted by Crippen LogP contribution is -2.50. The van der Waals surface area contributed by atoms with Crippen molar-refractivity contribution in [2.75, 3.05) is 26.2 Å². The molecule has 0 aromatic heterocycles. The van der Waals surface area contributed by atoms with Crippen molar-refractivity contribution in [3.8, 4) is 0 Å². The van der Waals surface area contributed by atoms with E-state index in [-0.39, 0.29) is 48.5 Å². The van der Waals surface area contributed by atoms with E-state index in [0.29, 0.717) is 62.9 Å². The van der Waals surface area contributed by atoms with Gasteiger partial charge in [0.15, 0.2) is 0 Å². The Hall–Kier alpha value is -6.63. The number of benzene rings is 4. The number of carbonyl (C=O) groups is 7. The molecule has 65 heavy (non-hydrogen) atoms. The molecule has 4 aromatic rings. The van der Waals surface area contributed by atoms with Gasteiger partial charge in [0.25, 0.3) is 11.8 Å². The Bertz CT molecular complexity index is 2420. The van der Waals surface area contributed by atoms with Crippen LogP contribution in [0.15, 0.2) is 103 Å². The van der Waals surface area contributed by atoms with E-state index in [1.54, 1.807) is 29.2 Å². The summed E-state index contributed by atoms with van der Waals surface area (Å²) >= 11 is 0. The zero-order chi connectivity index (χ0) is 45.6. The number of rotatable bonds is 10. The van der Waals surface area contributed by atoms with Crippen molar-refractivity contribution < 1.29 is 43.8 Å². The standard InChI is InChI=1S/C26H26N2O5.C26H30N2O4/c29-23(20-11-5-6-12-21(20)26(32)33)27-14-13-16-7-1-2-8-17(16)22(27)15-28-24(30)18-9-3-4-10-19(18)25(28)31;29-24(16-18-8-2-1-3-9-18)27-17-23-20-11-5-4-10-19(20)14-15-28(23)25(30)21-12-6-7-13-22(21)26(31)32/h1-4,7-10,20-22H,5-6,11-15H2,(H,32,33);1-5,8-11,21-23H,6-7,12-17H2,(H,27,29)(H,31,32)/t20-,21+,22-;21-,22+,23-/m11/s1. The maximum absolute atomic E-state index is 13.7. The average Bonchev–Trinajstić information content (AvgIpc) is 3.57. The van der Waals surface area contributed by atoms with Gasteiger partial charge < -0.3 is 25.3 Å². The number of hydrogen-bond donors (Lipinski definition) is 3. The fraction of sp³-hybridized carbons (Fsp3) is 0.404. The Morgan fingerprint density at radius 3 is 1.48 bits per heavy atom. The average molecular weight is 881 g/mol. The molecule has 5 aliphatic rings. The Balaban J connectivity index is 0.000000177. The number of carbonyl (C=O) groups excluding carboxylic acids is 5. The van der Waals surface area contributed by atoms with Crippen LogP contribution in [0.2, 0.25) is 0 Å². The van der Waals surface area contributed by atoms with Crippen LogP contribution in [0, 0.1) is 23.7 Å². The van der Waals surface area contributed by atoms with Gasteiger partial charge in [0.05, 0.1) is 59.8 Å². The quantitative estimate of drug-likeness (QED) is 0.147. The predicted octanol–water partition coefficient (Wildman–Crippen LogP) is 6.66. The largest absolute Gasteiger partial charge is 0.481 e. The second-order valence-corrected chi connectivity index (χ2v) is 17.9. The molecule has 3 aliphatic heterocycles. The molecule has 0 unspecified atom stereocenters. The van der Waals surface area contributed by atoms with Gasteiger partial charge in [-0.05, 0) is 78.5 Å². The van der Waals surface area contributed by atoms with Crippen LogP contribution in [-0.4, -0.2) is 92.6 Å². The summed E-state index contributed by atoms with van der Waals surface area (Å²) in [4.78, 5) is 94.4. The third-order valence-corrected chi connectivity index (χ3v) is 14.1. The lowest BCUT2D eigenvalue weighted by atomic mass is 9.77. The highest BCUT2D eigenvalue weighted by Crippen LogP contribution is 2.39. The van der Waals surface area contributed by atoms with Crippen LogP contribution >= 0.6 is 0 Å². The lowest BCUT2D eigenvalue weighted by molar-refractivity contribution is -0.153. The van der Waals surface area contributed by atoms with Gasteiger partial charge in [-0.25, -0.2) is 0 Å². The summed E-state index contributed by atoms with van der Waals surface area (Å²) in [6.45, 7) is 1.35. The summed E-state index contributed by atoms with van der Waals surface area (Å²) in [6, 6.07) is 31.3. The maximum atomic E-state index is 13.7. The summed E-state index contributed by atoms with van der Waals surface area (Å²) in [5, 5.41) is 22.4. The highest BCUT2D eigenvalue weighted by Gasteiger charge is 2.45. The molecule has 0 spiro atoms. The summed E-state index contributed by atoms with van der Waals surface area (Å²) in [6.07, 6.45) is 7.25. The van der Waals surface area contributed by atoms with Crippen molar-refractivity contribution in [2.45, 2.75) is 82.7 Å². The Labute approximate surface area is 378 Å². The molecular weight excluding hydrogens is 825 g/mol. The molecule has 4 aromatic carbocycles. The van der Waals surface area contributed by atoms with Gasteiger partial charge >= 0.3 is 11.9 Å². The number of nitrogens with zero attached hydrogens (tertiary/aromatic N) is 3. The molecule has 0 bridgehead atoms. The summed E-state index contributed by atoms with van der Waals surface area (Å²) in [5.74, 6) is -5.26. The minimum Gasteiger partial charge on any atom is -0.481 e. The van der Waals surface area contributed by atoms with Crippen molar-refractivity contribution in [2.24, 2.45) is 23.7 Å². The van der Waals surface area contributed by atoms with Crippen molar-refractivity contribution in [1.29, 1.82) is 0 Å². The first-order valence-electron chi connectivity index (χ1n) is 23.0. The second kappa shape index (κ2) is 20.0. The van der Waals surface area contributed by atoms with Crippen LogP contribution in [0.4, 0.5) is 0 Å². The van der Waals surface area contributed by atoms with Crippen LogP contribution in [0.25, 0.3) is 0 Å². The van der Waals surface area contributed by atoms with Gasteiger partial charge in [0, 0.05) is 19.6 Å². The van der Waals surface area contributed by atoms with Crippen LogP contribution in [-0.2, 0) is 43.2 Å². The number of carboxylic acids is 2. The van der Waals surface area contributed by atoms with E-state index in [2.05, 4.69) is 11.4 Å². The fourth-order valence-electron chi connectivity index (χ4n) is 10.7. The normalized spacial score (nSPS) is 23.5. The molecule has 2 aliphatic carbocycles. The van der Waals surface area contributed by atoms with Crippen molar-refractivity contribution in [3.05, 3.63) is 142 Å². The number of nitrogens with one attached hydrogen (secondary N) is 1. The first-order valence-corrected chi connectivity index (χ1v) is 23.0. The first-order chi connectivity index (χ1) is 31.5. The number of fused-ring (bicyclic) bond motifs is 3. The second-order valence-electron chi connectivity index (χ2n) is 17.9. The summed E-state index contributed by atoms with van der Waals surface area (Å²) < 4.78 is 0. The topological polar surface area (TPSA) is 182 Å². The third kappa shape index (κ3) is 9.60. The van der Waals surface area contributed by atoms with E-state index in [0.717, 1.165) is 54.4 Å². The molecule has 3 N–H and O–H groups in total. The Morgan fingerprint density at radius 2 is 0.969 bits per heavy atom. The van der Waals surface area contributed by atoms with E-state index in [9.17, 15) is 43.8 Å². The lowest BCUT2D eigenvalue weighted by Gasteiger charge is -2.42. The number of amides is 5. The van der Waals surface area contributed by atoms with Gasteiger partial charge in [0.2, 0.25) is 17.7 Å². The van der Waals surface area contributed by atoms with Gasteiger partial charge in [-0.1, -0.05) is 117 Å². The first kappa shape index (κ1) is 45.0. The molecule has 6 atom stereocenters. The minimum atomic E-state index is -0.928. The molecule has 0 saturated heterocycles. The van der Waals surface area contributed by atoms with E-state index in [1.807, 2.05) is 77.7 Å². The molecule has 2 fully saturated rings. The molecule has 13 heteroatoms. The van der Waals surface area contributed by atoms with E-state index in [1.165, 1.54) is 10.5 Å². The van der Waals surface area contributed by atoms with E-state index >= 15 is 0 Å². The molecule has 9 rings (SSSR count). The van der Waals surface area contributed by atoms with Gasteiger partial charge in [-0.15, -0.1) is 0 Å². The van der Waals surface area contributed by atoms with Crippen LogP contribution in [0.3, 0.4) is 0 Å². The molecule has 3 heterocycles. The van der Waals surface area contributed by atoms with Crippen LogP contribution in [0.5, 0.6) is 0 Å². The van der Waals surface area contributed by atoms with Crippen LogP contribution in [0.1, 0.15) is 112 Å². The number of hydrogen-bond acceptors (Lipinski definition) is 7. The van der Waals surface area contributed by atoms with Gasteiger partial charge in [-0.2, -0.15) is 0 Å². The zero-order valence-corrected chi connectivity index (χ0v) is 36.5. The van der Waals surface area contributed by atoms with Gasteiger partial charge in [0.1, 0.15) is 0 Å². The zero-order valence-electron chi connectivity index (χ0n) is 36.5. The number of aliphatic carboxylic acids is 2.